The molecule has 0 spiro atoms. The van der Waals surface area contributed by atoms with Gasteiger partial charge in [0.2, 0.25) is 0 Å². The summed E-state index contributed by atoms with van der Waals surface area (Å²) in [6.45, 7) is 5.97. The minimum atomic E-state index is -2.74. The molecule has 0 amide bonds. The van der Waals surface area contributed by atoms with E-state index in [9.17, 15) is 0 Å². The largest absolute Gasteiger partial charge is 0.147 e. The Balaban J connectivity index is 0.00000312. The zero-order valence-corrected chi connectivity index (χ0v) is 22.9. The van der Waals surface area contributed by atoms with Gasteiger partial charge in [0, 0.05) is 0 Å². The van der Waals surface area contributed by atoms with Crippen molar-refractivity contribution in [2.75, 3.05) is 6.54 Å². The quantitative estimate of drug-likeness (QED) is 0.241. The average molecular weight is 500 g/mol. The molecule has 26 heavy (non-hydrogen) atoms. The van der Waals surface area contributed by atoms with Crippen molar-refractivity contribution in [1.82, 2.24) is 3.26 Å². The van der Waals surface area contributed by atoms with Gasteiger partial charge in [-0.2, -0.15) is 0 Å². The molecule has 0 radical (unpaired) electrons. The van der Waals surface area contributed by atoms with Crippen LogP contribution >= 0.6 is 24.8 Å². The van der Waals surface area contributed by atoms with Gasteiger partial charge >= 0.3 is 155 Å². The topological polar surface area (TPSA) is 12.0 Å². The second-order valence-electron chi connectivity index (χ2n) is 9.37. The van der Waals surface area contributed by atoms with E-state index in [0.717, 1.165) is 9.54 Å². The zero-order chi connectivity index (χ0) is 17.5. The van der Waals surface area contributed by atoms with Crippen molar-refractivity contribution >= 4 is 31.7 Å². The Labute approximate surface area is 178 Å². The summed E-state index contributed by atoms with van der Waals surface area (Å²) in [6.07, 6.45) is 22.7. The van der Waals surface area contributed by atoms with E-state index in [1.165, 1.54) is 77.2 Å². The summed E-state index contributed by atoms with van der Waals surface area (Å²) in [5.41, 5.74) is 1.81. The minimum Gasteiger partial charge on any atom is -0.147 e. The van der Waals surface area contributed by atoms with Crippen LogP contribution in [0.4, 0.5) is 0 Å². The van der Waals surface area contributed by atoms with Crippen LogP contribution < -0.4 is 3.26 Å². The Kier molecular flexibility index (Phi) is 13.2. The molecule has 2 unspecified atom stereocenters. The summed E-state index contributed by atoms with van der Waals surface area (Å²) in [5, 5.41) is 0. The van der Waals surface area contributed by atoms with Crippen molar-refractivity contribution < 1.29 is 17.7 Å². The number of hydrogen-bond acceptors (Lipinski definition) is 1. The van der Waals surface area contributed by atoms with Crippen LogP contribution in [0.3, 0.4) is 0 Å². The van der Waals surface area contributed by atoms with Gasteiger partial charge in [0.05, 0.1) is 0 Å². The fraction of sp³-hybridized carbons (Fsp3) is 0.810. The normalized spacial score (nSPS) is 22.2. The van der Waals surface area contributed by atoms with E-state index in [4.69, 9.17) is 0 Å². The third-order valence-corrected chi connectivity index (χ3v) is 21.3. The van der Waals surface area contributed by atoms with Crippen LogP contribution in [0, 0.1) is 5.92 Å². The summed E-state index contributed by atoms with van der Waals surface area (Å²) < 4.78 is 10.4. The Morgan fingerprint density at radius 2 is 1.62 bits per heavy atom. The summed E-state index contributed by atoms with van der Waals surface area (Å²) in [5.74, 6) is 0.877. The number of hydrogen-bond donors (Lipinski definition) is 1. The predicted molar refractivity (Wildman–Crippen MR) is 124 cm³/mol. The van der Waals surface area contributed by atoms with Crippen molar-refractivity contribution in [2.24, 2.45) is 5.92 Å². The second kappa shape index (κ2) is 12.6. The fourth-order valence-corrected chi connectivity index (χ4v) is 17.6. The number of rotatable bonds is 11. The van der Waals surface area contributed by atoms with Gasteiger partial charge in [0.1, 0.15) is 0 Å². The van der Waals surface area contributed by atoms with Gasteiger partial charge in [-0.1, -0.05) is 0 Å². The van der Waals surface area contributed by atoms with Crippen molar-refractivity contribution in [3.8, 4) is 0 Å². The molecule has 0 aromatic carbocycles. The maximum absolute atomic E-state index is 4.18. The molecule has 2 atom stereocenters. The molecule has 0 bridgehead atoms. The average Bonchev–Trinajstić information content (AvgIpc) is 2.98. The molecule has 1 nitrogen and oxygen atoms in total. The van der Waals surface area contributed by atoms with Gasteiger partial charge in [-0.3, -0.25) is 0 Å². The molecule has 0 aromatic rings. The number of nitrogens with one attached hydrogen (secondary N) is 1. The second-order valence-corrected chi connectivity index (χ2v) is 38.6. The number of unbranched alkanes of at least 4 members (excludes halogenated alkanes) is 7. The van der Waals surface area contributed by atoms with Crippen LogP contribution in [0.2, 0.25) is 12.9 Å². The number of halogens is 2. The summed E-state index contributed by atoms with van der Waals surface area (Å²) in [6, 6.07) is 0. The molecule has 5 heteroatoms. The third-order valence-electron chi connectivity index (χ3n) is 6.38. The molecule has 1 saturated carbocycles. The number of fused-ring (bicyclic) bond motifs is 1. The minimum absolute atomic E-state index is 0. The van der Waals surface area contributed by atoms with Crippen LogP contribution in [0.15, 0.2) is 23.8 Å². The van der Waals surface area contributed by atoms with Gasteiger partial charge in [0.25, 0.3) is 0 Å². The van der Waals surface area contributed by atoms with E-state index in [1.54, 1.807) is 0 Å². The van der Waals surface area contributed by atoms with E-state index in [1.807, 2.05) is 5.57 Å². The van der Waals surface area contributed by atoms with Crippen LogP contribution in [0.25, 0.3) is 0 Å². The van der Waals surface area contributed by atoms with Crippen molar-refractivity contribution in [3.63, 3.8) is 0 Å². The van der Waals surface area contributed by atoms with Gasteiger partial charge in [0.15, 0.2) is 0 Å². The molecule has 0 aromatic heterocycles. The molecule has 2 aliphatic carbocycles. The van der Waals surface area contributed by atoms with E-state index in [0.29, 0.717) is 0 Å². The third kappa shape index (κ3) is 8.24. The molecule has 0 aliphatic heterocycles. The summed E-state index contributed by atoms with van der Waals surface area (Å²) in [7, 11) is 0. The summed E-state index contributed by atoms with van der Waals surface area (Å²) >= 11 is -2.74. The van der Waals surface area contributed by atoms with Crippen LogP contribution in [-0.4, -0.2) is 13.4 Å². The van der Waals surface area contributed by atoms with Crippen LogP contribution in [-0.2, 0) is 17.7 Å². The molecule has 2 aliphatic rings. The van der Waals surface area contributed by atoms with Gasteiger partial charge < -0.3 is 0 Å². The summed E-state index contributed by atoms with van der Waals surface area (Å²) in [4.78, 5) is 0. The Morgan fingerprint density at radius 1 is 1.00 bits per heavy atom. The zero-order valence-electron chi connectivity index (χ0n) is 17.4. The first-order valence-electron chi connectivity index (χ1n) is 10.6. The maximum atomic E-state index is 4.18. The number of allylic oxidation sites excluding steroid dienone is 4. The van der Waals surface area contributed by atoms with Gasteiger partial charge in [-0.25, -0.2) is 0 Å². The molecule has 154 valence electrons. The Morgan fingerprint density at radius 3 is 2.27 bits per heavy atom. The van der Waals surface area contributed by atoms with Crippen LogP contribution in [0.1, 0.15) is 77.6 Å². The SMILES string of the molecule is CCCCCCCCCC[NH][Zr]([CH3])([CH3])(=[SiH2])[CH]1CCC2CC=CC=C21.Cl.Cl. The monoisotopic (exact) mass is 497 g/mol. The molecule has 0 heterocycles. The maximum Gasteiger partial charge on any atom is -0.147 e. The van der Waals surface area contributed by atoms with E-state index in [2.05, 4.69) is 44.6 Å². The van der Waals surface area contributed by atoms with E-state index in [-0.39, 0.29) is 24.8 Å². The van der Waals surface area contributed by atoms with E-state index >= 15 is 0 Å². The predicted octanol–water partition coefficient (Wildman–Crippen LogP) is 6.89. The first-order valence-corrected chi connectivity index (χ1v) is 24.1. The molecule has 1 fully saturated rings. The standard InChI is InChI=1S/C10H22N.C9H11.2CH3.2ClH.H2Si.Zr/c1-2-3-4-5-6-7-8-9-10-11;1-2-5-9-7-3-6-8(9)4-1;;;;;;/h11H,2-10H2,1H3;1-2,4,6,9H,3,5,7H2;2*1H3;2*1H;1H2;/q-1;;;;;;;+1. The molecule has 0 saturated heterocycles. The van der Waals surface area contributed by atoms with Gasteiger partial charge in [-0.05, 0) is 0 Å². The Bertz CT molecular complexity index is 524. The first-order chi connectivity index (χ1) is 11.4. The van der Waals surface area contributed by atoms with E-state index < -0.39 is 17.7 Å². The van der Waals surface area contributed by atoms with Crippen molar-refractivity contribution in [2.45, 2.75) is 90.4 Å². The Hall–Kier alpha value is 1.12. The van der Waals surface area contributed by atoms with Crippen LogP contribution in [0.5, 0.6) is 0 Å². The molecule has 1 N–H and O–H groups in total. The molecular weight excluding hydrogens is 456 g/mol. The fourth-order valence-electron chi connectivity index (χ4n) is 4.79. The first kappa shape index (κ1) is 27.1. The molecule has 2 rings (SSSR count). The van der Waals surface area contributed by atoms with Gasteiger partial charge in [-0.15, -0.1) is 24.8 Å². The van der Waals surface area contributed by atoms with Crippen molar-refractivity contribution in [3.05, 3.63) is 23.8 Å². The van der Waals surface area contributed by atoms with Crippen molar-refractivity contribution in [1.29, 1.82) is 0 Å². The smallest absolute Gasteiger partial charge is 0.147 e. The molecular formula is C21H43Cl2NSiZr.